The Bertz CT molecular complexity index is 1270. The molecule has 178 valence electrons. The number of halogens is 1. The first-order valence-corrected chi connectivity index (χ1v) is 11.1. The molecule has 8 nitrogen and oxygen atoms in total. The molecular weight excluding hydrogens is 451 g/mol. The number of nitro groups is 1. The number of non-ortho nitro benzene ring substituents is 1. The highest BCUT2D eigenvalue weighted by molar-refractivity contribution is 6.07. The molecule has 2 aromatic rings. The number of nitriles is 1. The summed E-state index contributed by atoms with van der Waals surface area (Å²) in [5.41, 5.74) is 3.50. The van der Waals surface area contributed by atoms with Gasteiger partial charge in [-0.15, -0.1) is 0 Å². The number of hydrogen-bond donors (Lipinski definition) is 1. The summed E-state index contributed by atoms with van der Waals surface area (Å²) in [6.45, 7) is 2.44. The smallest absolute Gasteiger partial charge is 0.269 e. The van der Waals surface area contributed by atoms with Crippen LogP contribution in [0.1, 0.15) is 18.4 Å². The summed E-state index contributed by atoms with van der Waals surface area (Å²) in [6.07, 6.45) is 4.84. The van der Waals surface area contributed by atoms with Crippen LogP contribution in [0.25, 0.3) is 6.08 Å². The maximum absolute atomic E-state index is 14.0. The van der Waals surface area contributed by atoms with Crippen LogP contribution in [0.15, 0.2) is 77.0 Å². The normalized spacial score (nSPS) is 17.4. The molecule has 0 atom stereocenters. The Labute approximate surface area is 201 Å². The van der Waals surface area contributed by atoms with Gasteiger partial charge >= 0.3 is 0 Å². The number of carbonyl (C=O) groups is 1. The van der Waals surface area contributed by atoms with E-state index in [1.807, 2.05) is 12.1 Å². The predicted molar refractivity (Wildman–Crippen MR) is 128 cm³/mol. The molecule has 0 spiro atoms. The number of anilines is 1. The SMILES string of the molecule is N#C/C(=C\C1=C(N2CCOCC2)C(=C/c2ccc([N+](=O)[O-])cc2)/CC1)C(=O)Nc1ccccc1F. The first kappa shape index (κ1) is 23.9. The average molecular weight is 474 g/mol. The second kappa shape index (κ2) is 10.8. The van der Waals surface area contributed by atoms with Crippen molar-refractivity contribution in [1.82, 2.24) is 4.90 Å². The highest BCUT2D eigenvalue weighted by Gasteiger charge is 2.26. The number of carbonyl (C=O) groups excluding carboxylic acids is 1. The van der Waals surface area contributed by atoms with E-state index >= 15 is 0 Å². The summed E-state index contributed by atoms with van der Waals surface area (Å²) in [6, 6.07) is 14.0. The molecule has 0 aromatic heterocycles. The number of hydrogen-bond acceptors (Lipinski definition) is 6. The first-order chi connectivity index (χ1) is 17.0. The molecule has 0 bridgehead atoms. The van der Waals surface area contributed by atoms with Gasteiger partial charge in [-0.2, -0.15) is 5.26 Å². The number of ether oxygens (including phenoxy) is 1. The Morgan fingerprint density at radius 3 is 2.51 bits per heavy atom. The van der Waals surface area contributed by atoms with Crippen LogP contribution in [0.3, 0.4) is 0 Å². The van der Waals surface area contributed by atoms with E-state index in [4.69, 9.17) is 4.74 Å². The topological polar surface area (TPSA) is 108 Å². The minimum atomic E-state index is -0.681. The van der Waals surface area contributed by atoms with Crippen LogP contribution in [-0.2, 0) is 9.53 Å². The van der Waals surface area contributed by atoms with E-state index in [1.54, 1.807) is 24.3 Å². The van der Waals surface area contributed by atoms with E-state index in [-0.39, 0.29) is 16.9 Å². The molecule has 9 heteroatoms. The van der Waals surface area contributed by atoms with E-state index in [2.05, 4.69) is 10.2 Å². The summed E-state index contributed by atoms with van der Waals surface area (Å²) >= 11 is 0. The molecule has 2 aromatic carbocycles. The number of benzene rings is 2. The largest absolute Gasteiger partial charge is 0.378 e. The van der Waals surface area contributed by atoms with Crippen LogP contribution in [0.2, 0.25) is 0 Å². The van der Waals surface area contributed by atoms with Gasteiger partial charge in [0.15, 0.2) is 0 Å². The summed E-state index contributed by atoms with van der Waals surface area (Å²) < 4.78 is 19.5. The molecule has 0 radical (unpaired) electrons. The number of allylic oxidation sites excluding steroid dienone is 3. The van der Waals surface area contributed by atoms with Gasteiger partial charge in [0.1, 0.15) is 17.5 Å². The van der Waals surface area contributed by atoms with E-state index in [9.17, 15) is 24.6 Å². The molecule has 2 aliphatic rings. The molecule has 35 heavy (non-hydrogen) atoms. The summed E-state index contributed by atoms with van der Waals surface area (Å²) in [4.78, 5) is 25.4. The van der Waals surface area contributed by atoms with Gasteiger partial charge in [0.05, 0.1) is 23.8 Å². The fourth-order valence-electron chi connectivity index (χ4n) is 4.16. The van der Waals surface area contributed by atoms with Gasteiger partial charge < -0.3 is 15.0 Å². The highest BCUT2D eigenvalue weighted by atomic mass is 19.1. The predicted octanol–water partition coefficient (Wildman–Crippen LogP) is 4.59. The van der Waals surface area contributed by atoms with Crippen molar-refractivity contribution in [2.24, 2.45) is 0 Å². The lowest BCUT2D eigenvalue weighted by molar-refractivity contribution is -0.384. The summed E-state index contributed by atoms with van der Waals surface area (Å²) in [7, 11) is 0. The molecule has 1 heterocycles. The molecule has 1 fully saturated rings. The molecule has 1 saturated heterocycles. The Morgan fingerprint density at radius 1 is 1.14 bits per heavy atom. The van der Waals surface area contributed by atoms with Crippen LogP contribution >= 0.6 is 0 Å². The Balaban J connectivity index is 1.68. The third-order valence-corrected chi connectivity index (χ3v) is 5.85. The van der Waals surface area contributed by atoms with Gasteiger partial charge in [-0.1, -0.05) is 12.1 Å². The Morgan fingerprint density at radius 2 is 1.86 bits per heavy atom. The van der Waals surface area contributed by atoms with Crippen molar-refractivity contribution in [3.05, 3.63) is 98.5 Å². The second-order valence-electron chi connectivity index (χ2n) is 8.10. The lowest BCUT2D eigenvalue weighted by Gasteiger charge is -2.31. The van der Waals surface area contributed by atoms with E-state index in [0.29, 0.717) is 39.1 Å². The molecule has 0 saturated carbocycles. The molecule has 1 amide bonds. The van der Waals surface area contributed by atoms with Gasteiger partial charge in [0, 0.05) is 30.9 Å². The van der Waals surface area contributed by atoms with Crippen LogP contribution in [0.5, 0.6) is 0 Å². The number of amides is 1. The maximum atomic E-state index is 14.0. The lowest BCUT2D eigenvalue weighted by atomic mass is 10.1. The molecule has 1 N–H and O–H groups in total. The van der Waals surface area contributed by atoms with Crippen molar-refractivity contribution in [3.8, 4) is 6.07 Å². The number of nitrogens with zero attached hydrogens (tertiary/aromatic N) is 3. The zero-order valence-electron chi connectivity index (χ0n) is 18.9. The second-order valence-corrected chi connectivity index (χ2v) is 8.10. The number of rotatable bonds is 6. The molecule has 1 aliphatic heterocycles. The fourth-order valence-corrected chi connectivity index (χ4v) is 4.16. The molecule has 0 unspecified atom stereocenters. The van der Waals surface area contributed by atoms with Gasteiger partial charge in [-0.05, 0) is 66.0 Å². The molecule has 4 rings (SSSR count). The standard InChI is InChI=1S/C26H23FN4O4/c27-23-3-1-2-4-24(23)29-26(32)21(17-28)16-20-8-7-19(25(20)30-11-13-35-14-12-30)15-18-5-9-22(10-6-18)31(33)34/h1-6,9-10,15-16H,7-8,11-14H2,(H,29,32)/b19-15+,21-16+. The quantitative estimate of drug-likeness (QED) is 0.284. The fraction of sp³-hybridized carbons (Fsp3) is 0.231. The Kier molecular flexibility index (Phi) is 7.33. The van der Waals surface area contributed by atoms with Gasteiger partial charge in [-0.25, -0.2) is 4.39 Å². The minimum Gasteiger partial charge on any atom is -0.378 e. The van der Waals surface area contributed by atoms with Crippen LogP contribution in [-0.4, -0.2) is 42.0 Å². The van der Waals surface area contributed by atoms with Crippen molar-refractivity contribution >= 4 is 23.4 Å². The van der Waals surface area contributed by atoms with Crippen molar-refractivity contribution < 1.29 is 18.8 Å². The van der Waals surface area contributed by atoms with Crippen molar-refractivity contribution in [3.63, 3.8) is 0 Å². The van der Waals surface area contributed by atoms with Crippen LogP contribution in [0, 0.1) is 27.3 Å². The number of para-hydroxylation sites is 1. The number of nitrogens with one attached hydrogen (secondary N) is 1. The Hall–Kier alpha value is -4.29. The minimum absolute atomic E-state index is 0.00575. The van der Waals surface area contributed by atoms with Gasteiger partial charge in [0.25, 0.3) is 11.6 Å². The third-order valence-electron chi connectivity index (χ3n) is 5.85. The van der Waals surface area contributed by atoms with Crippen molar-refractivity contribution in [2.75, 3.05) is 31.6 Å². The van der Waals surface area contributed by atoms with E-state index < -0.39 is 16.6 Å². The highest BCUT2D eigenvalue weighted by Crippen LogP contribution is 2.37. The van der Waals surface area contributed by atoms with Crippen LogP contribution in [0.4, 0.5) is 15.8 Å². The summed E-state index contributed by atoms with van der Waals surface area (Å²) in [5.74, 6) is -1.26. The van der Waals surface area contributed by atoms with E-state index in [1.165, 1.54) is 30.3 Å². The zero-order valence-corrected chi connectivity index (χ0v) is 18.9. The average Bonchev–Trinajstić information content (AvgIpc) is 3.26. The summed E-state index contributed by atoms with van der Waals surface area (Å²) in [5, 5.41) is 23.1. The molecule has 1 aliphatic carbocycles. The number of morpholine rings is 1. The number of nitro benzene ring substituents is 1. The van der Waals surface area contributed by atoms with Crippen molar-refractivity contribution in [2.45, 2.75) is 12.8 Å². The monoisotopic (exact) mass is 474 g/mol. The first-order valence-electron chi connectivity index (χ1n) is 11.1. The zero-order chi connectivity index (χ0) is 24.8. The van der Waals surface area contributed by atoms with E-state index in [0.717, 1.165) is 22.4 Å². The van der Waals surface area contributed by atoms with Crippen molar-refractivity contribution in [1.29, 1.82) is 5.26 Å². The maximum Gasteiger partial charge on any atom is 0.269 e. The van der Waals surface area contributed by atoms with Gasteiger partial charge in [-0.3, -0.25) is 14.9 Å². The van der Waals surface area contributed by atoms with Gasteiger partial charge in [0.2, 0.25) is 0 Å². The van der Waals surface area contributed by atoms with Crippen LogP contribution < -0.4 is 5.32 Å². The molecular formula is C26H23FN4O4. The third kappa shape index (κ3) is 5.62. The lowest BCUT2D eigenvalue weighted by Crippen LogP contribution is -2.36.